The first-order valence-electron chi connectivity index (χ1n) is 5.37. The van der Waals surface area contributed by atoms with Crippen molar-refractivity contribution in [3.05, 3.63) is 36.4 Å². The van der Waals surface area contributed by atoms with Crippen LogP contribution >= 0.6 is 11.3 Å². The van der Waals surface area contributed by atoms with Crippen LogP contribution in [0.25, 0.3) is 20.2 Å². The molecular weight excluding hydrogens is 232 g/mol. The summed E-state index contributed by atoms with van der Waals surface area (Å²) in [6, 6.07) is 12.2. The highest BCUT2D eigenvalue weighted by Gasteiger charge is 2.13. The lowest BCUT2D eigenvalue weighted by molar-refractivity contribution is 0.416. The molecule has 17 heavy (non-hydrogen) atoms. The summed E-state index contributed by atoms with van der Waals surface area (Å²) < 4.78 is 13.3. The first-order valence-corrected chi connectivity index (χ1v) is 6.19. The Morgan fingerprint density at radius 1 is 0.765 bits per heavy atom. The van der Waals surface area contributed by atoms with Crippen molar-refractivity contribution < 1.29 is 9.47 Å². The molecule has 0 aliphatic rings. The molecular formula is C14H12O2S. The van der Waals surface area contributed by atoms with E-state index in [9.17, 15) is 0 Å². The number of rotatable bonds is 2. The molecule has 0 saturated heterocycles. The van der Waals surface area contributed by atoms with Crippen molar-refractivity contribution in [3.8, 4) is 11.5 Å². The van der Waals surface area contributed by atoms with Gasteiger partial charge < -0.3 is 9.47 Å². The Labute approximate surface area is 103 Å². The number of thiophene rings is 1. The van der Waals surface area contributed by atoms with Gasteiger partial charge in [-0.05, 0) is 24.3 Å². The first kappa shape index (κ1) is 10.4. The molecule has 86 valence electrons. The van der Waals surface area contributed by atoms with Gasteiger partial charge in [-0.25, -0.2) is 0 Å². The lowest BCUT2D eigenvalue weighted by atomic mass is 10.1. The molecule has 0 saturated carbocycles. The quantitative estimate of drug-likeness (QED) is 0.676. The third-order valence-corrected chi connectivity index (χ3v) is 4.01. The van der Waals surface area contributed by atoms with Crippen molar-refractivity contribution in [2.75, 3.05) is 14.2 Å². The van der Waals surface area contributed by atoms with Crippen LogP contribution < -0.4 is 9.47 Å². The normalized spacial score (nSPS) is 10.9. The topological polar surface area (TPSA) is 18.5 Å². The molecule has 0 unspecified atom stereocenters. The largest absolute Gasteiger partial charge is 0.496 e. The van der Waals surface area contributed by atoms with Gasteiger partial charge in [0.25, 0.3) is 0 Å². The fourth-order valence-corrected chi connectivity index (χ4v) is 3.28. The number of fused-ring (bicyclic) bond motifs is 3. The number of hydrogen-bond donors (Lipinski definition) is 0. The minimum Gasteiger partial charge on any atom is -0.496 e. The predicted octanol–water partition coefficient (Wildman–Crippen LogP) is 4.07. The molecule has 0 amide bonds. The Hall–Kier alpha value is -1.74. The smallest absolute Gasteiger partial charge is 0.128 e. The summed E-state index contributed by atoms with van der Waals surface area (Å²) in [5.41, 5.74) is 0. The zero-order valence-corrected chi connectivity index (χ0v) is 10.5. The monoisotopic (exact) mass is 244 g/mol. The summed E-state index contributed by atoms with van der Waals surface area (Å²) in [6.07, 6.45) is 0. The highest BCUT2D eigenvalue weighted by atomic mass is 32.1. The predicted molar refractivity (Wildman–Crippen MR) is 72.4 cm³/mol. The van der Waals surface area contributed by atoms with E-state index < -0.39 is 0 Å². The van der Waals surface area contributed by atoms with Gasteiger partial charge in [0, 0.05) is 20.2 Å². The average molecular weight is 244 g/mol. The molecule has 1 heterocycles. The molecule has 0 radical (unpaired) electrons. The molecule has 3 aromatic rings. The fourth-order valence-electron chi connectivity index (χ4n) is 2.14. The summed E-state index contributed by atoms with van der Waals surface area (Å²) in [7, 11) is 3.40. The molecule has 0 atom stereocenters. The Bertz CT molecular complexity index is 627. The van der Waals surface area contributed by atoms with E-state index in [0.29, 0.717) is 0 Å². The molecule has 0 aliphatic carbocycles. The van der Waals surface area contributed by atoms with Crippen LogP contribution in [0.1, 0.15) is 0 Å². The molecule has 3 rings (SSSR count). The van der Waals surface area contributed by atoms with E-state index in [1.54, 1.807) is 25.6 Å². The average Bonchev–Trinajstić information content (AvgIpc) is 2.76. The van der Waals surface area contributed by atoms with Crippen LogP contribution in [0.4, 0.5) is 0 Å². The molecule has 2 aromatic carbocycles. The lowest BCUT2D eigenvalue weighted by Gasteiger charge is -2.05. The Morgan fingerprint density at radius 3 is 1.65 bits per heavy atom. The minimum absolute atomic E-state index is 0.901. The number of benzene rings is 2. The lowest BCUT2D eigenvalue weighted by Crippen LogP contribution is -1.85. The second kappa shape index (κ2) is 3.93. The summed E-state index contributed by atoms with van der Waals surface area (Å²) in [5, 5.41) is 2.29. The van der Waals surface area contributed by atoms with Gasteiger partial charge in [0.2, 0.25) is 0 Å². The van der Waals surface area contributed by atoms with Crippen LogP contribution in [0.5, 0.6) is 11.5 Å². The Kier molecular flexibility index (Phi) is 2.41. The van der Waals surface area contributed by atoms with Gasteiger partial charge in [0.05, 0.1) is 14.2 Å². The molecule has 0 spiro atoms. The van der Waals surface area contributed by atoms with E-state index in [4.69, 9.17) is 9.47 Å². The molecule has 3 heteroatoms. The standard InChI is InChI=1S/C14H12O2S/c1-15-9-5-3-7-11-13(9)14-10(16-2)6-4-8-12(14)17-11/h3-8H,1-2H3. The summed E-state index contributed by atoms with van der Waals surface area (Å²) in [5.74, 6) is 1.80. The summed E-state index contributed by atoms with van der Waals surface area (Å²) >= 11 is 1.76. The van der Waals surface area contributed by atoms with Gasteiger partial charge in [0.15, 0.2) is 0 Å². The van der Waals surface area contributed by atoms with Crippen LogP contribution in [-0.2, 0) is 0 Å². The fraction of sp³-hybridized carbons (Fsp3) is 0.143. The maximum atomic E-state index is 5.44. The molecule has 0 N–H and O–H groups in total. The summed E-state index contributed by atoms with van der Waals surface area (Å²) in [4.78, 5) is 0. The summed E-state index contributed by atoms with van der Waals surface area (Å²) in [6.45, 7) is 0. The van der Waals surface area contributed by atoms with Crippen LogP contribution in [0, 0.1) is 0 Å². The van der Waals surface area contributed by atoms with E-state index in [2.05, 4.69) is 12.1 Å². The molecule has 0 fully saturated rings. The van der Waals surface area contributed by atoms with Crippen LogP contribution in [0.3, 0.4) is 0 Å². The van der Waals surface area contributed by atoms with E-state index in [1.165, 1.54) is 9.40 Å². The van der Waals surface area contributed by atoms with Gasteiger partial charge in [-0.2, -0.15) is 0 Å². The van der Waals surface area contributed by atoms with Gasteiger partial charge >= 0.3 is 0 Å². The zero-order valence-electron chi connectivity index (χ0n) is 9.69. The van der Waals surface area contributed by atoms with Gasteiger partial charge in [-0.3, -0.25) is 0 Å². The second-order valence-corrected chi connectivity index (χ2v) is 4.85. The van der Waals surface area contributed by atoms with Crippen molar-refractivity contribution in [1.82, 2.24) is 0 Å². The van der Waals surface area contributed by atoms with Crippen molar-refractivity contribution in [1.29, 1.82) is 0 Å². The number of hydrogen-bond acceptors (Lipinski definition) is 3. The van der Waals surface area contributed by atoms with Crippen LogP contribution in [0.15, 0.2) is 36.4 Å². The van der Waals surface area contributed by atoms with Crippen molar-refractivity contribution in [2.24, 2.45) is 0 Å². The maximum Gasteiger partial charge on any atom is 0.128 e. The molecule has 2 nitrogen and oxygen atoms in total. The third kappa shape index (κ3) is 1.46. The first-order chi connectivity index (χ1) is 8.35. The minimum atomic E-state index is 0.901. The molecule has 0 aliphatic heterocycles. The van der Waals surface area contributed by atoms with Crippen molar-refractivity contribution >= 4 is 31.5 Å². The highest BCUT2D eigenvalue weighted by molar-refractivity contribution is 7.26. The highest BCUT2D eigenvalue weighted by Crippen LogP contribution is 2.43. The van der Waals surface area contributed by atoms with Crippen molar-refractivity contribution in [3.63, 3.8) is 0 Å². The SMILES string of the molecule is COc1cccc2sc3cccc(OC)c3c12. The van der Waals surface area contributed by atoms with Crippen LogP contribution in [-0.4, -0.2) is 14.2 Å². The van der Waals surface area contributed by atoms with Gasteiger partial charge in [0.1, 0.15) is 11.5 Å². The number of ether oxygens (including phenoxy) is 2. The van der Waals surface area contributed by atoms with E-state index >= 15 is 0 Å². The Balaban J connectivity index is 2.55. The number of methoxy groups -OCH3 is 2. The van der Waals surface area contributed by atoms with Gasteiger partial charge in [-0.1, -0.05) is 12.1 Å². The van der Waals surface area contributed by atoms with Gasteiger partial charge in [-0.15, -0.1) is 11.3 Å². The Morgan fingerprint density at radius 2 is 1.24 bits per heavy atom. The van der Waals surface area contributed by atoms with E-state index in [-0.39, 0.29) is 0 Å². The zero-order chi connectivity index (χ0) is 11.8. The van der Waals surface area contributed by atoms with Crippen molar-refractivity contribution in [2.45, 2.75) is 0 Å². The van der Waals surface area contributed by atoms with E-state index in [1.807, 2.05) is 24.3 Å². The maximum absolute atomic E-state index is 5.44. The third-order valence-electron chi connectivity index (χ3n) is 2.89. The van der Waals surface area contributed by atoms with Crippen LogP contribution in [0.2, 0.25) is 0 Å². The molecule has 1 aromatic heterocycles. The van der Waals surface area contributed by atoms with E-state index in [0.717, 1.165) is 22.3 Å². The molecule has 0 bridgehead atoms. The second-order valence-electron chi connectivity index (χ2n) is 3.77.